The van der Waals surface area contributed by atoms with Crippen molar-refractivity contribution in [2.75, 3.05) is 0 Å². The summed E-state index contributed by atoms with van der Waals surface area (Å²) in [6, 6.07) is -0.651. The molecule has 1 aliphatic carbocycles. The van der Waals surface area contributed by atoms with Gasteiger partial charge < -0.3 is 14.6 Å². The quantitative estimate of drug-likeness (QED) is 0.899. The molecule has 0 bridgehead atoms. The molecule has 6 nitrogen and oxygen atoms in total. The van der Waals surface area contributed by atoms with E-state index in [2.05, 4.69) is 4.98 Å². The molecular formula is C15H21N3O3. The van der Waals surface area contributed by atoms with Crippen LogP contribution in [0.5, 0.6) is 0 Å². The van der Waals surface area contributed by atoms with Crippen molar-refractivity contribution in [3.63, 3.8) is 0 Å². The number of carbonyl (C=O) groups is 2. The van der Waals surface area contributed by atoms with Crippen LogP contribution in [0.3, 0.4) is 0 Å². The van der Waals surface area contributed by atoms with Gasteiger partial charge in [-0.25, -0.2) is 9.78 Å². The Kier molecular flexibility index (Phi) is 3.69. The number of carboxylic acids is 1. The van der Waals surface area contributed by atoms with Crippen molar-refractivity contribution in [3.05, 3.63) is 18.2 Å². The Morgan fingerprint density at radius 3 is 2.67 bits per heavy atom. The van der Waals surface area contributed by atoms with E-state index in [0.29, 0.717) is 18.0 Å². The Morgan fingerprint density at radius 2 is 2.00 bits per heavy atom. The number of aliphatic carboxylic acids is 1. The highest BCUT2D eigenvalue weighted by molar-refractivity contribution is 5.95. The van der Waals surface area contributed by atoms with E-state index in [9.17, 15) is 14.7 Å². The molecular weight excluding hydrogens is 270 g/mol. The topological polar surface area (TPSA) is 75.4 Å². The molecule has 2 fully saturated rings. The SMILES string of the molecule is Cn1cnc(C(=O)N2C(C(=O)O)CCC3CCCCC32)c1. The molecule has 2 aliphatic rings. The van der Waals surface area contributed by atoms with Crippen LogP contribution in [0.15, 0.2) is 12.5 Å². The largest absolute Gasteiger partial charge is 0.480 e. The van der Waals surface area contributed by atoms with Gasteiger partial charge in [-0.2, -0.15) is 0 Å². The number of hydrogen-bond acceptors (Lipinski definition) is 3. The molecule has 6 heteroatoms. The van der Waals surface area contributed by atoms with Crippen LogP contribution in [0.25, 0.3) is 0 Å². The second-order valence-corrected chi connectivity index (χ2v) is 6.18. The molecule has 2 heterocycles. The summed E-state index contributed by atoms with van der Waals surface area (Å²) >= 11 is 0. The first kappa shape index (κ1) is 14.1. The van der Waals surface area contributed by atoms with Gasteiger partial charge in [0.25, 0.3) is 5.91 Å². The van der Waals surface area contributed by atoms with Crippen molar-refractivity contribution in [2.45, 2.75) is 50.6 Å². The predicted molar refractivity (Wildman–Crippen MR) is 75.8 cm³/mol. The lowest BCUT2D eigenvalue weighted by Gasteiger charge is -2.46. The van der Waals surface area contributed by atoms with E-state index in [1.807, 2.05) is 0 Å². The number of fused-ring (bicyclic) bond motifs is 1. The molecule has 1 aliphatic heterocycles. The van der Waals surface area contributed by atoms with E-state index >= 15 is 0 Å². The minimum absolute atomic E-state index is 0.0584. The highest BCUT2D eigenvalue weighted by Crippen LogP contribution is 2.38. The number of rotatable bonds is 2. The Bertz CT molecular complexity index is 554. The molecule has 1 saturated carbocycles. The van der Waals surface area contributed by atoms with E-state index in [1.165, 1.54) is 6.42 Å². The first-order chi connectivity index (χ1) is 10.1. The molecule has 1 saturated heterocycles. The summed E-state index contributed by atoms with van der Waals surface area (Å²) < 4.78 is 1.71. The molecule has 3 unspecified atom stereocenters. The third kappa shape index (κ3) is 2.54. The summed E-state index contributed by atoms with van der Waals surface area (Å²) in [6.45, 7) is 0. The van der Waals surface area contributed by atoms with Gasteiger partial charge in [-0.15, -0.1) is 0 Å². The lowest BCUT2D eigenvalue weighted by atomic mass is 9.76. The summed E-state index contributed by atoms with van der Waals surface area (Å²) in [6.07, 6.45) is 8.96. The fourth-order valence-electron chi connectivity index (χ4n) is 3.82. The van der Waals surface area contributed by atoms with Gasteiger partial charge in [-0.1, -0.05) is 12.8 Å². The molecule has 1 amide bonds. The lowest BCUT2D eigenvalue weighted by Crippen LogP contribution is -2.57. The molecule has 1 aromatic heterocycles. The highest BCUT2D eigenvalue weighted by atomic mass is 16.4. The van der Waals surface area contributed by atoms with Gasteiger partial charge >= 0.3 is 5.97 Å². The van der Waals surface area contributed by atoms with Gasteiger partial charge in [0.05, 0.1) is 6.33 Å². The number of aromatic nitrogens is 2. The molecule has 3 atom stereocenters. The molecule has 0 radical (unpaired) electrons. The number of hydrogen-bond donors (Lipinski definition) is 1. The van der Waals surface area contributed by atoms with Gasteiger partial charge in [0.2, 0.25) is 0 Å². The van der Waals surface area contributed by atoms with E-state index in [4.69, 9.17) is 0 Å². The van der Waals surface area contributed by atoms with E-state index < -0.39 is 12.0 Å². The smallest absolute Gasteiger partial charge is 0.326 e. The van der Waals surface area contributed by atoms with Crippen LogP contribution < -0.4 is 0 Å². The third-order valence-electron chi connectivity index (χ3n) is 4.82. The number of likely N-dealkylation sites (tertiary alicyclic amines) is 1. The van der Waals surface area contributed by atoms with E-state index in [-0.39, 0.29) is 11.9 Å². The van der Waals surface area contributed by atoms with Crippen LogP contribution in [0.2, 0.25) is 0 Å². The maximum atomic E-state index is 12.8. The predicted octanol–water partition coefficient (Wildman–Crippen LogP) is 1.67. The minimum atomic E-state index is -0.900. The number of amides is 1. The Balaban J connectivity index is 1.92. The van der Waals surface area contributed by atoms with Crippen molar-refractivity contribution in [2.24, 2.45) is 13.0 Å². The van der Waals surface area contributed by atoms with Crippen LogP contribution in [0.4, 0.5) is 0 Å². The van der Waals surface area contributed by atoms with Crippen LogP contribution >= 0.6 is 0 Å². The number of piperidine rings is 1. The zero-order valence-corrected chi connectivity index (χ0v) is 12.2. The van der Waals surface area contributed by atoms with Crippen molar-refractivity contribution in [3.8, 4) is 0 Å². The molecule has 114 valence electrons. The van der Waals surface area contributed by atoms with Crippen LogP contribution in [-0.4, -0.2) is 43.5 Å². The molecule has 21 heavy (non-hydrogen) atoms. The second-order valence-electron chi connectivity index (χ2n) is 6.18. The Labute approximate surface area is 123 Å². The van der Waals surface area contributed by atoms with Gasteiger partial charge in [0, 0.05) is 19.3 Å². The normalized spacial score (nSPS) is 29.0. The molecule has 0 spiro atoms. The number of aryl methyl sites for hydroxylation is 1. The minimum Gasteiger partial charge on any atom is -0.480 e. The average Bonchev–Trinajstić information content (AvgIpc) is 2.91. The number of carbonyl (C=O) groups excluding carboxylic acids is 1. The summed E-state index contributed by atoms with van der Waals surface area (Å²) in [5.41, 5.74) is 0.343. The van der Waals surface area contributed by atoms with E-state index in [0.717, 1.165) is 25.7 Å². The third-order valence-corrected chi connectivity index (χ3v) is 4.82. The summed E-state index contributed by atoms with van der Waals surface area (Å²) in [4.78, 5) is 30.0. The molecule has 3 rings (SSSR count). The fourth-order valence-corrected chi connectivity index (χ4v) is 3.82. The summed E-state index contributed by atoms with van der Waals surface area (Å²) in [5, 5.41) is 9.48. The highest BCUT2D eigenvalue weighted by Gasteiger charge is 2.44. The van der Waals surface area contributed by atoms with Gasteiger partial charge in [-0.3, -0.25) is 4.79 Å². The molecule has 0 aromatic carbocycles. The summed E-state index contributed by atoms with van der Waals surface area (Å²) in [7, 11) is 1.80. The van der Waals surface area contributed by atoms with Crippen molar-refractivity contribution in [1.82, 2.24) is 14.5 Å². The standard InChI is InChI=1S/C15H21N3O3/c1-17-8-11(16-9-17)14(19)18-12-5-3-2-4-10(12)6-7-13(18)15(20)21/h8-10,12-13H,2-7H2,1H3,(H,20,21). The van der Waals surface area contributed by atoms with Gasteiger partial charge in [0.15, 0.2) is 0 Å². The van der Waals surface area contributed by atoms with Crippen molar-refractivity contribution >= 4 is 11.9 Å². The monoisotopic (exact) mass is 291 g/mol. The zero-order chi connectivity index (χ0) is 15.0. The van der Waals surface area contributed by atoms with Crippen LogP contribution in [0.1, 0.15) is 49.0 Å². The summed E-state index contributed by atoms with van der Waals surface area (Å²) in [5.74, 6) is -0.690. The van der Waals surface area contributed by atoms with Crippen molar-refractivity contribution < 1.29 is 14.7 Å². The molecule has 1 aromatic rings. The number of carboxylic acid groups (broad SMARTS) is 1. The first-order valence-corrected chi connectivity index (χ1v) is 7.61. The number of imidazole rings is 1. The maximum Gasteiger partial charge on any atom is 0.326 e. The zero-order valence-electron chi connectivity index (χ0n) is 12.2. The van der Waals surface area contributed by atoms with E-state index in [1.54, 1.807) is 29.0 Å². The van der Waals surface area contributed by atoms with Crippen LogP contribution in [0, 0.1) is 5.92 Å². The maximum absolute atomic E-state index is 12.8. The first-order valence-electron chi connectivity index (χ1n) is 7.61. The Morgan fingerprint density at radius 1 is 1.24 bits per heavy atom. The number of nitrogens with zero attached hydrogens (tertiary/aromatic N) is 3. The fraction of sp³-hybridized carbons (Fsp3) is 0.667. The van der Waals surface area contributed by atoms with Gasteiger partial charge in [-0.05, 0) is 31.6 Å². The Hall–Kier alpha value is -1.85. The second kappa shape index (κ2) is 5.50. The molecule has 1 N–H and O–H groups in total. The average molecular weight is 291 g/mol. The van der Waals surface area contributed by atoms with Gasteiger partial charge in [0.1, 0.15) is 11.7 Å². The lowest BCUT2D eigenvalue weighted by molar-refractivity contribution is -0.146. The van der Waals surface area contributed by atoms with Crippen molar-refractivity contribution in [1.29, 1.82) is 0 Å². The van der Waals surface area contributed by atoms with Crippen LogP contribution in [-0.2, 0) is 11.8 Å².